The van der Waals surface area contributed by atoms with Crippen LogP contribution < -0.4 is 0 Å². The van der Waals surface area contributed by atoms with Gasteiger partial charge in [-0.1, -0.05) is 20.8 Å². The molecule has 2 aromatic heterocycles. The summed E-state index contributed by atoms with van der Waals surface area (Å²) < 4.78 is 35.0. The number of hydrogen-bond acceptors (Lipinski definition) is 6. The van der Waals surface area contributed by atoms with Crippen molar-refractivity contribution in [2.45, 2.75) is 51.0 Å². The number of aryl methyl sites for hydroxylation is 1. The summed E-state index contributed by atoms with van der Waals surface area (Å²) in [6, 6.07) is 0. The van der Waals surface area contributed by atoms with Crippen LogP contribution in [0.25, 0.3) is 0 Å². The summed E-state index contributed by atoms with van der Waals surface area (Å²) >= 11 is 0. The second-order valence-corrected chi connectivity index (χ2v) is 10.0. The van der Waals surface area contributed by atoms with Gasteiger partial charge in [-0.2, -0.15) is 9.40 Å². The van der Waals surface area contributed by atoms with Crippen molar-refractivity contribution in [3.63, 3.8) is 0 Å². The van der Waals surface area contributed by atoms with Gasteiger partial charge in [0.05, 0.1) is 24.6 Å². The van der Waals surface area contributed by atoms with E-state index in [1.807, 2.05) is 0 Å². The van der Waals surface area contributed by atoms with Crippen LogP contribution in [-0.4, -0.2) is 58.6 Å². The fourth-order valence-electron chi connectivity index (χ4n) is 3.14. The molecule has 150 valence electrons. The average Bonchev–Trinajstić information content (AvgIpc) is 3.09. The first-order valence-corrected chi connectivity index (χ1v) is 10.7. The Morgan fingerprint density at radius 2 is 1.89 bits per heavy atom. The largest absolute Gasteiger partial charge is 0.444 e. The fraction of sp³-hybridized carbons (Fsp3) is 0.667. The lowest BCUT2D eigenvalue weighted by Gasteiger charge is -2.21. The molecule has 9 heteroatoms. The van der Waals surface area contributed by atoms with Gasteiger partial charge in [0.1, 0.15) is 10.7 Å². The smallest absolute Gasteiger partial charge is 0.246 e. The summed E-state index contributed by atoms with van der Waals surface area (Å²) in [5.74, 6) is 1.54. The molecule has 0 amide bonds. The molecule has 3 rings (SSSR count). The topological polar surface area (TPSA) is 84.5 Å². The molecule has 27 heavy (non-hydrogen) atoms. The summed E-state index contributed by atoms with van der Waals surface area (Å²) in [4.78, 5) is 6.88. The number of nitrogens with zero attached hydrogens (tertiary/aromatic N) is 5. The van der Waals surface area contributed by atoms with Crippen LogP contribution in [0.3, 0.4) is 0 Å². The first kappa shape index (κ1) is 20.0. The minimum atomic E-state index is -3.52. The first-order valence-electron chi connectivity index (χ1n) is 9.25. The Labute approximate surface area is 161 Å². The lowest BCUT2D eigenvalue weighted by Crippen LogP contribution is -2.35. The van der Waals surface area contributed by atoms with Crippen molar-refractivity contribution in [3.05, 3.63) is 29.7 Å². The summed E-state index contributed by atoms with van der Waals surface area (Å²) in [5, 5.41) is 4.07. The third-order valence-corrected chi connectivity index (χ3v) is 7.01. The fourth-order valence-corrected chi connectivity index (χ4v) is 4.79. The Morgan fingerprint density at radius 3 is 2.48 bits per heavy atom. The maximum Gasteiger partial charge on any atom is 0.246 e. The molecule has 1 aliphatic rings. The standard InChI is InChI=1S/C18H29N5O3S/c1-14-15(11-20-21(14)5)27(24,25)23-8-6-7-22(9-10-23)13-17-19-12-16(26-17)18(2,3)4/h11-12H,6-10,13H2,1-5H3. The van der Waals surface area contributed by atoms with Crippen LogP contribution in [0.5, 0.6) is 0 Å². The molecular formula is C18H29N5O3S. The van der Waals surface area contributed by atoms with Gasteiger partial charge in [-0.3, -0.25) is 9.58 Å². The van der Waals surface area contributed by atoms with Gasteiger partial charge in [0.2, 0.25) is 15.9 Å². The predicted molar refractivity (Wildman–Crippen MR) is 102 cm³/mol. The second-order valence-electron chi connectivity index (χ2n) is 8.12. The van der Waals surface area contributed by atoms with E-state index in [-0.39, 0.29) is 5.41 Å². The lowest BCUT2D eigenvalue weighted by molar-refractivity contribution is 0.242. The molecule has 1 saturated heterocycles. The number of sulfonamides is 1. The molecule has 8 nitrogen and oxygen atoms in total. The van der Waals surface area contributed by atoms with Crippen LogP contribution in [-0.2, 0) is 29.0 Å². The number of rotatable bonds is 4. The summed E-state index contributed by atoms with van der Waals surface area (Å²) in [7, 11) is -1.77. The molecule has 0 saturated carbocycles. The van der Waals surface area contributed by atoms with E-state index in [4.69, 9.17) is 4.42 Å². The highest BCUT2D eigenvalue weighted by Crippen LogP contribution is 2.24. The van der Waals surface area contributed by atoms with E-state index in [9.17, 15) is 8.42 Å². The predicted octanol–water partition coefficient (Wildman–Crippen LogP) is 1.91. The quantitative estimate of drug-likeness (QED) is 0.786. The SMILES string of the molecule is Cc1c(S(=O)(=O)N2CCCN(Cc3ncc(C(C)(C)C)o3)CC2)cnn1C. The molecule has 1 fully saturated rings. The Hall–Kier alpha value is -1.71. The van der Waals surface area contributed by atoms with Crippen molar-refractivity contribution >= 4 is 10.0 Å². The lowest BCUT2D eigenvalue weighted by atomic mass is 9.94. The third-order valence-electron chi connectivity index (χ3n) is 5.01. The van der Waals surface area contributed by atoms with E-state index >= 15 is 0 Å². The summed E-state index contributed by atoms with van der Waals surface area (Å²) in [6.45, 7) is 11.0. The highest BCUT2D eigenvalue weighted by Gasteiger charge is 2.30. The highest BCUT2D eigenvalue weighted by atomic mass is 32.2. The molecule has 2 aromatic rings. The third kappa shape index (κ3) is 4.25. The van der Waals surface area contributed by atoms with Gasteiger partial charge in [0, 0.05) is 32.1 Å². The Kier molecular flexibility index (Phi) is 5.47. The minimum absolute atomic E-state index is 0.0729. The molecule has 0 atom stereocenters. The van der Waals surface area contributed by atoms with Crippen LogP contribution in [0, 0.1) is 6.92 Å². The van der Waals surface area contributed by atoms with E-state index in [1.54, 1.807) is 29.2 Å². The average molecular weight is 396 g/mol. The van der Waals surface area contributed by atoms with E-state index in [0.29, 0.717) is 42.7 Å². The number of hydrogen-bond donors (Lipinski definition) is 0. The molecule has 0 unspecified atom stereocenters. The number of oxazole rings is 1. The molecule has 0 radical (unpaired) electrons. The molecular weight excluding hydrogens is 366 g/mol. The van der Waals surface area contributed by atoms with Crippen molar-refractivity contribution in [2.75, 3.05) is 26.2 Å². The van der Waals surface area contributed by atoms with Crippen molar-refractivity contribution in [2.24, 2.45) is 7.05 Å². The maximum absolute atomic E-state index is 13.0. The van der Waals surface area contributed by atoms with Crippen LogP contribution in [0.1, 0.15) is 44.5 Å². The Balaban J connectivity index is 1.67. The molecule has 0 spiro atoms. The molecule has 0 aromatic carbocycles. The van der Waals surface area contributed by atoms with Gasteiger partial charge in [0.25, 0.3) is 0 Å². The summed E-state index contributed by atoms with van der Waals surface area (Å²) in [5.41, 5.74) is 0.585. The molecule has 0 bridgehead atoms. The van der Waals surface area contributed by atoms with Crippen LogP contribution in [0.2, 0.25) is 0 Å². The monoisotopic (exact) mass is 395 g/mol. The Bertz CT molecular complexity index is 894. The molecule has 0 aliphatic carbocycles. The van der Waals surface area contributed by atoms with Gasteiger partial charge in [-0.15, -0.1) is 0 Å². The van der Waals surface area contributed by atoms with Crippen molar-refractivity contribution in [1.29, 1.82) is 0 Å². The van der Waals surface area contributed by atoms with Gasteiger partial charge in [-0.05, 0) is 19.9 Å². The van der Waals surface area contributed by atoms with E-state index < -0.39 is 10.0 Å². The zero-order valence-corrected chi connectivity index (χ0v) is 17.6. The van der Waals surface area contributed by atoms with Crippen molar-refractivity contribution in [1.82, 2.24) is 24.0 Å². The second kappa shape index (κ2) is 7.37. The maximum atomic E-state index is 13.0. The van der Waals surface area contributed by atoms with Crippen molar-refractivity contribution in [3.8, 4) is 0 Å². The van der Waals surface area contributed by atoms with Crippen molar-refractivity contribution < 1.29 is 12.8 Å². The summed E-state index contributed by atoms with van der Waals surface area (Å²) in [6.07, 6.45) is 3.99. The van der Waals surface area contributed by atoms with Crippen LogP contribution in [0.4, 0.5) is 0 Å². The van der Waals surface area contributed by atoms with Gasteiger partial charge >= 0.3 is 0 Å². The Morgan fingerprint density at radius 1 is 1.15 bits per heavy atom. The van der Waals surface area contributed by atoms with Gasteiger partial charge in [-0.25, -0.2) is 13.4 Å². The number of aromatic nitrogens is 3. The molecule has 1 aliphatic heterocycles. The van der Waals surface area contributed by atoms with Crippen LogP contribution in [0.15, 0.2) is 21.7 Å². The normalized spacial score (nSPS) is 18.0. The van der Waals surface area contributed by atoms with E-state index in [1.165, 1.54) is 6.20 Å². The first-order chi connectivity index (χ1) is 12.6. The zero-order chi connectivity index (χ0) is 19.8. The van der Waals surface area contributed by atoms with Gasteiger partial charge in [0.15, 0.2) is 0 Å². The molecule has 0 N–H and O–H groups in total. The minimum Gasteiger partial charge on any atom is -0.444 e. The van der Waals surface area contributed by atoms with Crippen LogP contribution >= 0.6 is 0 Å². The van der Waals surface area contributed by atoms with Gasteiger partial charge < -0.3 is 4.42 Å². The highest BCUT2D eigenvalue weighted by molar-refractivity contribution is 7.89. The van der Waals surface area contributed by atoms with E-state index in [0.717, 1.165) is 18.7 Å². The zero-order valence-electron chi connectivity index (χ0n) is 16.8. The molecule has 3 heterocycles. The van der Waals surface area contributed by atoms with E-state index in [2.05, 4.69) is 35.8 Å².